The number of hydrazine groups is 1. The van der Waals surface area contributed by atoms with Crippen LogP contribution in [0.1, 0.15) is 15.9 Å². The molecule has 0 bridgehead atoms. The fourth-order valence-electron chi connectivity index (χ4n) is 0.981. The molecule has 0 saturated heterocycles. The van der Waals surface area contributed by atoms with Gasteiger partial charge < -0.3 is 0 Å². The molecule has 4 heteroatoms. The van der Waals surface area contributed by atoms with Crippen LogP contribution in [0, 0.1) is 12.7 Å². The van der Waals surface area contributed by atoms with Gasteiger partial charge in [-0.1, -0.05) is 0 Å². The van der Waals surface area contributed by atoms with E-state index in [0.29, 0.717) is 11.1 Å². The number of rotatable bonds is 1. The maximum Gasteiger partial charge on any atom is 0.267 e. The highest BCUT2D eigenvalue weighted by Gasteiger charge is 2.09. The van der Waals surface area contributed by atoms with E-state index < -0.39 is 0 Å². The number of hydrogen-bond donors (Lipinski definition) is 1. The van der Waals surface area contributed by atoms with Crippen LogP contribution in [0.4, 0.5) is 4.39 Å². The SMILES string of the molecule is Cc1cc(C(=O)N(C)N)ccc1F. The van der Waals surface area contributed by atoms with Crippen molar-refractivity contribution in [3.05, 3.63) is 35.1 Å². The van der Waals surface area contributed by atoms with Crippen molar-refractivity contribution < 1.29 is 9.18 Å². The summed E-state index contributed by atoms with van der Waals surface area (Å²) in [6, 6.07) is 4.14. The number of carbonyl (C=O) groups is 1. The summed E-state index contributed by atoms with van der Waals surface area (Å²) in [5.41, 5.74) is 0.830. The molecule has 13 heavy (non-hydrogen) atoms. The van der Waals surface area contributed by atoms with Gasteiger partial charge in [0, 0.05) is 12.6 Å². The number of hydrogen-bond acceptors (Lipinski definition) is 2. The van der Waals surface area contributed by atoms with E-state index in [4.69, 9.17) is 5.84 Å². The van der Waals surface area contributed by atoms with Crippen molar-refractivity contribution in [1.82, 2.24) is 5.01 Å². The highest BCUT2D eigenvalue weighted by Crippen LogP contribution is 2.09. The molecule has 0 spiro atoms. The minimum Gasteiger partial charge on any atom is -0.280 e. The average Bonchev–Trinajstić information content (AvgIpc) is 2.08. The Morgan fingerprint density at radius 2 is 2.15 bits per heavy atom. The lowest BCUT2D eigenvalue weighted by molar-refractivity contribution is 0.0795. The zero-order chi connectivity index (χ0) is 10.0. The Morgan fingerprint density at radius 1 is 1.54 bits per heavy atom. The van der Waals surface area contributed by atoms with Gasteiger partial charge in [0.15, 0.2) is 0 Å². The van der Waals surface area contributed by atoms with Gasteiger partial charge in [0.1, 0.15) is 5.82 Å². The van der Waals surface area contributed by atoms with Crippen LogP contribution in [-0.2, 0) is 0 Å². The molecule has 1 amide bonds. The van der Waals surface area contributed by atoms with Gasteiger partial charge >= 0.3 is 0 Å². The van der Waals surface area contributed by atoms with Gasteiger partial charge in [-0.3, -0.25) is 9.80 Å². The maximum atomic E-state index is 12.8. The fourth-order valence-corrected chi connectivity index (χ4v) is 0.981. The highest BCUT2D eigenvalue weighted by atomic mass is 19.1. The molecule has 1 rings (SSSR count). The predicted molar refractivity (Wildman–Crippen MR) is 47.4 cm³/mol. The quantitative estimate of drug-likeness (QED) is 0.401. The van der Waals surface area contributed by atoms with Crippen molar-refractivity contribution >= 4 is 5.91 Å². The number of benzene rings is 1. The van der Waals surface area contributed by atoms with Crippen molar-refractivity contribution in [3.63, 3.8) is 0 Å². The maximum absolute atomic E-state index is 12.8. The van der Waals surface area contributed by atoms with E-state index in [-0.39, 0.29) is 11.7 Å². The van der Waals surface area contributed by atoms with Crippen LogP contribution in [0.5, 0.6) is 0 Å². The standard InChI is InChI=1S/C9H11FN2O/c1-6-5-7(3-4-8(6)10)9(13)12(2)11/h3-5H,11H2,1-2H3. The van der Waals surface area contributed by atoms with Crippen LogP contribution in [0.2, 0.25) is 0 Å². The second-order valence-corrected chi connectivity index (χ2v) is 2.88. The lowest BCUT2D eigenvalue weighted by Crippen LogP contribution is -2.33. The van der Waals surface area contributed by atoms with Gasteiger partial charge in [0.2, 0.25) is 0 Å². The summed E-state index contributed by atoms with van der Waals surface area (Å²) >= 11 is 0. The fraction of sp³-hybridized carbons (Fsp3) is 0.222. The number of amides is 1. The number of aryl methyl sites for hydroxylation is 1. The topological polar surface area (TPSA) is 46.3 Å². The van der Waals surface area contributed by atoms with E-state index >= 15 is 0 Å². The molecule has 0 radical (unpaired) electrons. The lowest BCUT2D eigenvalue weighted by Gasteiger charge is -2.10. The first kappa shape index (κ1) is 9.67. The van der Waals surface area contributed by atoms with E-state index in [2.05, 4.69) is 0 Å². The van der Waals surface area contributed by atoms with Gasteiger partial charge in [-0.15, -0.1) is 0 Å². The monoisotopic (exact) mass is 182 g/mol. The molecule has 1 aromatic carbocycles. The van der Waals surface area contributed by atoms with Crippen molar-refractivity contribution in [2.45, 2.75) is 6.92 Å². The Balaban J connectivity index is 3.04. The van der Waals surface area contributed by atoms with Gasteiger partial charge in [0.05, 0.1) is 0 Å². The van der Waals surface area contributed by atoms with Crippen molar-refractivity contribution in [1.29, 1.82) is 0 Å². The Labute approximate surface area is 75.9 Å². The summed E-state index contributed by atoms with van der Waals surface area (Å²) in [6.45, 7) is 1.60. The zero-order valence-electron chi connectivity index (χ0n) is 7.54. The Morgan fingerprint density at radius 3 is 2.62 bits per heavy atom. The summed E-state index contributed by atoms with van der Waals surface area (Å²) < 4.78 is 12.8. The Bertz CT molecular complexity index is 336. The summed E-state index contributed by atoms with van der Waals surface area (Å²) in [7, 11) is 1.45. The molecular formula is C9H11FN2O. The first-order chi connectivity index (χ1) is 6.02. The number of halogens is 1. The second-order valence-electron chi connectivity index (χ2n) is 2.88. The van der Waals surface area contributed by atoms with E-state index in [1.54, 1.807) is 6.92 Å². The van der Waals surface area contributed by atoms with Crippen LogP contribution in [0.15, 0.2) is 18.2 Å². The summed E-state index contributed by atoms with van der Waals surface area (Å²) in [6.07, 6.45) is 0. The van der Waals surface area contributed by atoms with Crippen LogP contribution >= 0.6 is 0 Å². The molecule has 0 aromatic heterocycles. The van der Waals surface area contributed by atoms with Crippen molar-refractivity contribution in [3.8, 4) is 0 Å². The molecule has 0 aliphatic rings. The molecule has 1 aromatic rings. The van der Waals surface area contributed by atoms with E-state index in [1.165, 1.54) is 25.2 Å². The first-order valence-electron chi connectivity index (χ1n) is 3.81. The minimum atomic E-state index is -0.330. The molecule has 2 N–H and O–H groups in total. The first-order valence-corrected chi connectivity index (χ1v) is 3.81. The minimum absolute atomic E-state index is 0.323. The number of carbonyl (C=O) groups excluding carboxylic acids is 1. The van der Waals surface area contributed by atoms with Gasteiger partial charge in [-0.25, -0.2) is 10.2 Å². The molecule has 0 heterocycles. The van der Waals surface area contributed by atoms with Gasteiger partial charge in [-0.05, 0) is 30.7 Å². The van der Waals surface area contributed by atoms with Crippen LogP contribution in [0.3, 0.4) is 0 Å². The third-order valence-corrected chi connectivity index (χ3v) is 1.73. The van der Waals surface area contributed by atoms with Crippen LogP contribution < -0.4 is 5.84 Å². The highest BCUT2D eigenvalue weighted by molar-refractivity contribution is 5.93. The summed E-state index contributed by atoms with van der Waals surface area (Å²) in [5.74, 6) is 4.59. The van der Waals surface area contributed by atoms with Crippen LogP contribution in [0.25, 0.3) is 0 Å². The lowest BCUT2D eigenvalue weighted by atomic mass is 10.1. The molecule has 0 unspecified atom stereocenters. The second kappa shape index (κ2) is 3.53. The molecule has 3 nitrogen and oxygen atoms in total. The van der Waals surface area contributed by atoms with E-state index in [1.807, 2.05) is 0 Å². The predicted octanol–water partition coefficient (Wildman–Crippen LogP) is 1.08. The summed E-state index contributed by atoms with van der Waals surface area (Å²) in [5, 5.41) is 0.965. The Kier molecular flexibility index (Phi) is 2.63. The number of nitrogens with two attached hydrogens (primary N) is 1. The molecule has 0 atom stereocenters. The smallest absolute Gasteiger partial charge is 0.267 e. The normalized spacial score (nSPS) is 9.85. The van der Waals surface area contributed by atoms with E-state index in [0.717, 1.165) is 5.01 Å². The third-order valence-electron chi connectivity index (χ3n) is 1.73. The molecule has 0 aliphatic heterocycles. The van der Waals surface area contributed by atoms with Gasteiger partial charge in [-0.2, -0.15) is 0 Å². The molecule has 0 aliphatic carbocycles. The Hall–Kier alpha value is -1.42. The zero-order valence-corrected chi connectivity index (χ0v) is 7.54. The molecule has 0 fully saturated rings. The largest absolute Gasteiger partial charge is 0.280 e. The number of nitrogens with zero attached hydrogens (tertiary/aromatic N) is 1. The molecule has 0 saturated carbocycles. The molecular weight excluding hydrogens is 171 g/mol. The van der Waals surface area contributed by atoms with Crippen molar-refractivity contribution in [2.75, 3.05) is 7.05 Å². The molecule has 70 valence electrons. The van der Waals surface area contributed by atoms with Crippen molar-refractivity contribution in [2.24, 2.45) is 5.84 Å². The third kappa shape index (κ3) is 2.03. The average molecular weight is 182 g/mol. The van der Waals surface area contributed by atoms with Crippen LogP contribution in [-0.4, -0.2) is 18.0 Å². The van der Waals surface area contributed by atoms with E-state index in [9.17, 15) is 9.18 Å². The van der Waals surface area contributed by atoms with Gasteiger partial charge in [0.25, 0.3) is 5.91 Å². The summed E-state index contributed by atoms with van der Waals surface area (Å²) in [4.78, 5) is 11.3.